The molecule has 1 aromatic heterocycles. The molecule has 0 saturated carbocycles. The van der Waals surface area contributed by atoms with Crippen LogP contribution in [-0.4, -0.2) is 0 Å². The van der Waals surface area contributed by atoms with Crippen molar-refractivity contribution in [2.24, 2.45) is 0 Å². The summed E-state index contributed by atoms with van der Waals surface area (Å²) in [6.45, 7) is 0.392. The van der Waals surface area contributed by atoms with Gasteiger partial charge in [-0.05, 0) is 12.1 Å². The van der Waals surface area contributed by atoms with Gasteiger partial charge in [-0.1, -0.05) is 0 Å². The summed E-state index contributed by atoms with van der Waals surface area (Å²) in [6.07, 6.45) is 3.06. The van der Waals surface area contributed by atoms with Crippen molar-refractivity contribution in [1.29, 1.82) is 0 Å². The Bertz CT molecular complexity index is 483. The topological polar surface area (TPSA) is 51.2 Å². The van der Waals surface area contributed by atoms with Gasteiger partial charge in [-0.3, -0.25) is 0 Å². The van der Waals surface area contributed by atoms with Crippen LogP contribution in [0.3, 0.4) is 0 Å². The number of nitrogen functional groups attached to an aromatic ring is 1. The lowest BCUT2D eigenvalue weighted by molar-refractivity contribution is 0.564. The van der Waals surface area contributed by atoms with Crippen LogP contribution in [0, 0.1) is 11.6 Å². The predicted molar refractivity (Wildman–Crippen MR) is 56.8 cm³/mol. The predicted octanol–water partition coefficient (Wildman–Crippen LogP) is 2.75. The molecule has 2 aromatic rings. The average molecular weight is 224 g/mol. The smallest absolute Gasteiger partial charge is 0.151 e. The number of nitrogens with one attached hydrogen (secondary N) is 1. The SMILES string of the molecule is Nc1c(F)cc(F)cc1NCc1ccoc1. The molecule has 3 N–H and O–H groups in total. The third-order valence-electron chi connectivity index (χ3n) is 2.16. The lowest BCUT2D eigenvalue weighted by Crippen LogP contribution is -2.04. The van der Waals surface area contributed by atoms with Gasteiger partial charge in [0.1, 0.15) is 5.82 Å². The Labute approximate surface area is 90.9 Å². The van der Waals surface area contributed by atoms with E-state index in [2.05, 4.69) is 5.32 Å². The molecule has 2 rings (SSSR count). The van der Waals surface area contributed by atoms with Crippen LogP contribution in [0.5, 0.6) is 0 Å². The number of anilines is 2. The van der Waals surface area contributed by atoms with Crippen LogP contribution < -0.4 is 11.1 Å². The van der Waals surface area contributed by atoms with Crippen molar-refractivity contribution in [3.8, 4) is 0 Å². The fraction of sp³-hybridized carbons (Fsp3) is 0.0909. The Kier molecular flexibility index (Phi) is 2.76. The summed E-state index contributed by atoms with van der Waals surface area (Å²) in [6, 6.07) is 3.65. The average Bonchev–Trinajstić information content (AvgIpc) is 2.74. The molecule has 84 valence electrons. The second kappa shape index (κ2) is 4.22. The van der Waals surface area contributed by atoms with Crippen LogP contribution in [0.15, 0.2) is 35.1 Å². The van der Waals surface area contributed by atoms with Crippen LogP contribution in [-0.2, 0) is 6.54 Å². The molecule has 0 aliphatic heterocycles. The molecule has 0 radical (unpaired) electrons. The Morgan fingerprint density at radius 2 is 2.12 bits per heavy atom. The van der Waals surface area contributed by atoms with Gasteiger partial charge in [-0.15, -0.1) is 0 Å². The largest absolute Gasteiger partial charge is 0.472 e. The Morgan fingerprint density at radius 3 is 2.81 bits per heavy atom. The molecule has 1 heterocycles. The molecule has 1 aromatic carbocycles. The molecule has 0 bridgehead atoms. The number of furan rings is 1. The van der Waals surface area contributed by atoms with Crippen molar-refractivity contribution >= 4 is 11.4 Å². The van der Waals surface area contributed by atoms with Crippen LogP contribution in [0.1, 0.15) is 5.56 Å². The van der Waals surface area contributed by atoms with Crippen molar-refractivity contribution in [1.82, 2.24) is 0 Å². The minimum atomic E-state index is -0.769. The Balaban J connectivity index is 2.15. The molecular formula is C11H10F2N2O. The monoisotopic (exact) mass is 224 g/mol. The summed E-state index contributed by atoms with van der Waals surface area (Å²) in [4.78, 5) is 0. The molecule has 0 aliphatic carbocycles. The third-order valence-corrected chi connectivity index (χ3v) is 2.16. The van der Waals surface area contributed by atoms with Gasteiger partial charge >= 0.3 is 0 Å². The number of nitrogens with two attached hydrogens (primary N) is 1. The normalized spacial score (nSPS) is 10.4. The second-order valence-corrected chi connectivity index (χ2v) is 3.33. The lowest BCUT2D eigenvalue weighted by Gasteiger charge is -2.08. The zero-order chi connectivity index (χ0) is 11.5. The third kappa shape index (κ3) is 2.13. The van der Waals surface area contributed by atoms with Crippen LogP contribution >= 0.6 is 0 Å². The lowest BCUT2D eigenvalue weighted by atomic mass is 10.2. The molecule has 0 atom stereocenters. The Morgan fingerprint density at radius 1 is 1.31 bits per heavy atom. The first-order valence-electron chi connectivity index (χ1n) is 4.66. The number of benzene rings is 1. The van der Waals surface area contributed by atoms with Gasteiger partial charge in [-0.25, -0.2) is 8.78 Å². The highest BCUT2D eigenvalue weighted by molar-refractivity contribution is 5.66. The minimum absolute atomic E-state index is 0.0927. The number of hydrogen-bond donors (Lipinski definition) is 2. The molecule has 0 saturated heterocycles. The van der Waals surface area contributed by atoms with Crippen molar-refractivity contribution in [2.45, 2.75) is 6.54 Å². The summed E-state index contributed by atoms with van der Waals surface area (Å²) >= 11 is 0. The van der Waals surface area contributed by atoms with Gasteiger partial charge in [0.2, 0.25) is 0 Å². The van der Waals surface area contributed by atoms with E-state index in [9.17, 15) is 8.78 Å². The molecule has 16 heavy (non-hydrogen) atoms. The van der Waals surface area contributed by atoms with Gasteiger partial charge < -0.3 is 15.5 Å². The molecule has 3 nitrogen and oxygen atoms in total. The molecule has 0 unspecified atom stereocenters. The van der Waals surface area contributed by atoms with Crippen molar-refractivity contribution in [3.05, 3.63) is 47.9 Å². The van der Waals surface area contributed by atoms with Crippen molar-refractivity contribution < 1.29 is 13.2 Å². The summed E-state index contributed by atoms with van der Waals surface area (Å²) in [5.41, 5.74) is 6.47. The minimum Gasteiger partial charge on any atom is -0.472 e. The van der Waals surface area contributed by atoms with Gasteiger partial charge in [0, 0.05) is 18.2 Å². The first kappa shape index (κ1) is 10.5. The number of rotatable bonds is 3. The van der Waals surface area contributed by atoms with Crippen LogP contribution in [0.2, 0.25) is 0 Å². The summed E-state index contributed by atoms with van der Waals surface area (Å²) in [7, 11) is 0. The zero-order valence-electron chi connectivity index (χ0n) is 8.34. The van der Waals surface area contributed by atoms with E-state index in [0.717, 1.165) is 17.7 Å². The van der Waals surface area contributed by atoms with E-state index in [1.54, 1.807) is 12.3 Å². The molecular weight excluding hydrogens is 214 g/mol. The fourth-order valence-corrected chi connectivity index (χ4v) is 1.32. The van der Waals surface area contributed by atoms with E-state index in [1.807, 2.05) is 0 Å². The number of hydrogen-bond acceptors (Lipinski definition) is 3. The molecule has 0 amide bonds. The standard InChI is InChI=1S/C11H10F2N2O/c12-8-3-9(13)11(14)10(4-8)15-5-7-1-2-16-6-7/h1-4,6,15H,5,14H2. The fourth-order valence-electron chi connectivity index (χ4n) is 1.32. The van der Waals surface area contributed by atoms with E-state index in [4.69, 9.17) is 10.2 Å². The quantitative estimate of drug-likeness (QED) is 0.788. The van der Waals surface area contributed by atoms with Gasteiger partial charge in [0.25, 0.3) is 0 Å². The summed E-state index contributed by atoms with van der Waals surface area (Å²) < 4.78 is 30.9. The molecule has 5 heteroatoms. The van der Waals surface area contributed by atoms with Gasteiger partial charge in [0.05, 0.1) is 23.9 Å². The first-order valence-corrected chi connectivity index (χ1v) is 4.66. The maximum absolute atomic E-state index is 13.1. The summed E-state index contributed by atoms with van der Waals surface area (Å²) in [5.74, 6) is -1.43. The highest BCUT2D eigenvalue weighted by Crippen LogP contribution is 2.23. The van der Waals surface area contributed by atoms with E-state index in [0.29, 0.717) is 6.54 Å². The Hall–Kier alpha value is -2.04. The maximum Gasteiger partial charge on any atom is 0.151 e. The highest BCUT2D eigenvalue weighted by atomic mass is 19.1. The maximum atomic E-state index is 13.1. The van der Waals surface area contributed by atoms with Crippen molar-refractivity contribution in [3.63, 3.8) is 0 Å². The van der Waals surface area contributed by atoms with Gasteiger partial charge in [-0.2, -0.15) is 0 Å². The number of halogens is 2. The summed E-state index contributed by atoms with van der Waals surface area (Å²) in [5, 5.41) is 2.83. The van der Waals surface area contributed by atoms with Crippen molar-refractivity contribution in [2.75, 3.05) is 11.1 Å². The van der Waals surface area contributed by atoms with E-state index < -0.39 is 11.6 Å². The van der Waals surface area contributed by atoms with E-state index in [-0.39, 0.29) is 11.4 Å². The van der Waals surface area contributed by atoms with Gasteiger partial charge in [0.15, 0.2) is 5.82 Å². The van der Waals surface area contributed by atoms with Crippen LogP contribution in [0.4, 0.5) is 20.2 Å². The van der Waals surface area contributed by atoms with Crippen LogP contribution in [0.25, 0.3) is 0 Å². The highest BCUT2D eigenvalue weighted by Gasteiger charge is 2.07. The first-order chi connectivity index (χ1) is 7.66. The zero-order valence-corrected chi connectivity index (χ0v) is 8.34. The second-order valence-electron chi connectivity index (χ2n) is 3.33. The molecule has 0 spiro atoms. The van der Waals surface area contributed by atoms with E-state index in [1.165, 1.54) is 6.26 Å². The molecule has 0 fully saturated rings. The molecule has 0 aliphatic rings. The van der Waals surface area contributed by atoms with E-state index >= 15 is 0 Å².